The molecule has 0 unspecified atom stereocenters. The molecule has 1 N–H and O–H groups in total. The fourth-order valence-electron chi connectivity index (χ4n) is 2.65. The maximum atomic E-state index is 12.7. The Morgan fingerprint density at radius 1 is 1.20 bits per heavy atom. The maximum Gasteiger partial charge on any atom is 0.256 e. The highest BCUT2D eigenvalue weighted by atomic mass is 16.5. The van der Waals surface area contributed by atoms with Gasteiger partial charge in [0, 0.05) is 18.5 Å². The summed E-state index contributed by atoms with van der Waals surface area (Å²) in [6.07, 6.45) is 1.98. The van der Waals surface area contributed by atoms with Crippen LogP contribution in [-0.4, -0.2) is 48.6 Å². The van der Waals surface area contributed by atoms with E-state index in [-0.39, 0.29) is 5.91 Å². The lowest BCUT2D eigenvalue weighted by molar-refractivity contribution is 0.0944. The third-order valence-corrected chi connectivity index (χ3v) is 4.28. The number of rotatable bonds is 10. The van der Waals surface area contributed by atoms with E-state index in [9.17, 15) is 4.79 Å². The van der Waals surface area contributed by atoms with Crippen molar-refractivity contribution in [3.63, 3.8) is 0 Å². The minimum absolute atomic E-state index is 0.128. The zero-order chi connectivity index (χ0) is 18.1. The molecule has 0 saturated heterocycles. The number of pyridine rings is 1. The zero-order valence-electron chi connectivity index (χ0n) is 15.5. The molecule has 2 rings (SSSR count). The van der Waals surface area contributed by atoms with Crippen LogP contribution >= 0.6 is 0 Å². The van der Waals surface area contributed by atoms with E-state index in [1.165, 1.54) is 0 Å². The molecular weight excluding hydrogens is 314 g/mol. The number of para-hydroxylation sites is 1. The summed E-state index contributed by atoms with van der Waals surface area (Å²) >= 11 is 0. The second-order valence-corrected chi connectivity index (χ2v) is 6.02. The number of aromatic nitrogens is 1. The quantitative estimate of drug-likeness (QED) is 0.671. The largest absolute Gasteiger partial charge is 0.477 e. The van der Waals surface area contributed by atoms with Crippen LogP contribution in [0.15, 0.2) is 30.3 Å². The summed E-state index contributed by atoms with van der Waals surface area (Å²) in [4.78, 5) is 19.5. The molecule has 0 radical (unpaired) electrons. The first-order chi connectivity index (χ1) is 12.2. The molecule has 5 nitrogen and oxygen atoms in total. The molecule has 0 saturated carbocycles. The van der Waals surface area contributed by atoms with E-state index in [1.807, 2.05) is 30.3 Å². The number of unbranched alkanes of at least 4 members (excludes halogenated alkanes) is 1. The van der Waals surface area contributed by atoms with Crippen molar-refractivity contribution in [3.8, 4) is 5.88 Å². The van der Waals surface area contributed by atoms with Crippen LogP contribution < -0.4 is 10.1 Å². The van der Waals surface area contributed by atoms with E-state index in [4.69, 9.17) is 4.74 Å². The molecule has 0 aliphatic rings. The summed E-state index contributed by atoms with van der Waals surface area (Å²) in [5.74, 6) is 0.296. The predicted molar refractivity (Wildman–Crippen MR) is 102 cm³/mol. The van der Waals surface area contributed by atoms with Gasteiger partial charge in [-0.3, -0.25) is 4.79 Å². The van der Waals surface area contributed by atoms with Gasteiger partial charge < -0.3 is 15.0 Å². The van der Waals surface area contributed by atoms with Crippen LogP contribution in [0.1, 0.15) is 44.0 Å². The number of fused-ring (bicyclic) bond motifs is 1. The Morgan fingerprint density at radius 2 is 1.96 bits per heavy atom. The number of benzene rings is 1. The Morgan fingerprint density at radius 3 is 2.68 bits per heavy atom. The summed E-state index contributed by atoms with van der Waals surface area (Å²) in [5.41, 5.74) is 1.35. The van der Waals surface area contributed by atoms with Gasteiger partial charge in [-0.2, -0.15) is 0 Å². The predicted octanol–water partition coefficient (Wildman–Crippen LogP) is 3.49. The minimum atomic E-state index is -0.128. The van der Waals surface area contributed by atoms with Crippen molar-refractivity contribution in [2.75, 3.05) is 32.8 Å². The number of carbonyl (C=O) groups is 1. The summed E-state index contributed by atoms with van der Waals surface area (Å²) < 4.78 is 5.79. The van der Waals surface area contributed by atoms with Gasteiger partial charge in [-0.1, -0.05) is 45.4 Å². The number of nitrogens with one attached hydrogen (secondary N) is 1. The van der Waals surface area contributed by atoms with Crippen molar-refractivity contribution >= 4 is 16.8 Å². The van der Waals surface area contributed by atoms with Crippen LogP contribution in [-0.2, 0) is 0 Å². The Hall–Kier alpha value is -2.14. The van der Waals surface area contributed by atoms with E-state index < -0.39 is 0 Å². The Bertz CT molecular complexity index is 684. The van der Waals surface area contributed by atoms with Crippen molar-refractivity contribution in [3.05, 3.63) is 35.9 Å². The first kappa shape index (κ1) is 19.2. The highest BCUT2D eigenvalue weighted by molar-refractivity contribution is 5.99. The van der Waals surface area contributed by atoms with Gasteiger partial charge in [-0.25, -0.2) is 4.98 Å². The fraction of sp³-hybridized carbons (Fsp3) is 0.500. The van der Waals surface area contributed by atoms with Gasteiger partial charge in [-0.05, 0) is 31.6 Å². The molecule has 1 aromatic carbocycles. The van der Waals surface area contributed by atoms with Gasteiger partial charge in [0.1, 0.15) is 5.56 Å². The molecule has 1 aromatic heterocycles. The van der Waals surface area contributed by atoms with Crippen molar-refractivity contribution in [1.82, 2.24) is 15.2 Å². The molecule has 0 spiro atoms. The zero-order valence-corrected chi connectivity index (χ0v) is 15.5. The topological polar surface area (TPSA) is 54.5 Å². The van der Waals surface area contributed by atoms with Crippen molar-refractivity contribution in [2.45, 2.75) is 33.6 Å². The molecule has 0 aliphatic heterocycles. The third-order valence-electron chi connectivity index (χ3n) is 4.28. The summed E-state index contributed by atoms with van der Waals surface area (Å²) in [6.45, 7) is 10.3. The molecule has 25 heavy (non-hydrogen) atoms. The standard InChI is InChI=1S/C20H29N3O2/c1-4-7-14-25-20-17(15-16-10-8-9-11-18(16)22-20)19(24)21-12-13-23(5-2)6-3/h8-11,15H,4-7,12-14H2,1-3H3,(H,21,24). The van der Waals surface area contributed by atoms with E-state index in [1.54, 1.807) is 0 Å². The van der Waals surface area contributed by atoms with Gasteiger partial charge in [0.2, 0.25) is 5.88 Å². The van der Waals surface area contributed by atoms with Gasteiger partial charge in [0.25, 0.3) is 5.91 Å². The fourth-order valence-corrected chi connectivity index (χ4v) is 2.65. The average molecular weight is 343 g/mol. The highest BCUT2D eigenvalue weighted by Gasteiger charge is 2.16. The van der Waals surface area contributed by atoms with Gasteiger partial charge in [0.15, 0.2) is 0 Å². The number of likely N-dealkylation sites (N-methyl/N-ethyl adjacent to an activating group) is 1. The van der Waals surface area contributed by atoms with Crippen LogP contribution in [0.3, 0.4) is 0 Å². The van der Waals surface area contributed by atoms with Crippen LogP contribution in [0.2, 0.25) is 0 Å². The monoisotopic (exact) mass is 343 g/mol. The van der Waals surface area contributed by atoms with Crippen LogP contribution in [0, 0.1) is 0 Å². The van der Waals surface area contributed by atoms with Crippen LogP contribution in [0.25, 0.3) is 10.9 Å². The van der Waals surface area contributed by atoms with Crippen molar-refractivity contribution in [1.29, 1.82) is 0 Å². The van der Waals surface area contributed by atoms with Gasteiger partial charge >= 0.3 is 0 Å². The normalized spacial score (nSPS) is 11.0. The average Bonchev–Trinajstić information content (AvgIpc) is 2.64. The molecule has 2 aromatic rings. The molecule has 5 heteroatoms. The SMILES string of the molecule is CCCCOc1nc2ccccc2cc1C(=O)NCCN(CC)CC. The number of nitrogens with zero attached hydrogens (tertiary/aromatic N) is 2. The lowest BCUT2D eigenvalue weighted by Crippen LogP contribution is -2.35. The van der Waals surface area contributed by atoms with E-state index in [2.05, 4.69) is 36.0 Å². The Labute approximate surface area is 150 Å². The first-order valence-corrected chi connectivity index (χ1v) is 9.22. The number of carbonyl (C=O) groups excluding carboxylic acids is 1. The number of hydrogen-bond acceptors (Lipinski definition) is 4. The molecule has 1 heterocycles. The molecule has 0 atom stereocenters. The van der Waals surface area contributed by atoms with E-state index >= 15 is 0 Å². The van der Waals surface area contributed by atoms with E-state index in [0.717, 1.165) is 43.4 Å². The van der Waals surface area contributed by atoms with Crippen LogP contribution in [0.5, 0.6) is 5.88 Å². The second kappa shape index (κ2) is 9.99. The van der Waals surface area contributed by atoms with Gasteiger partial charge in [-0.15, -0.1) is 0 Å². The summed E-state index contributed by atoms with van der Waals surface area (Å²) in [5, 5.41) is 3.94. The molecule has 136 valence electrons. The van der Waals surface area contributed by atoms with Crippen molar-refractivity contribution < 1.29 is 9.53 Å². The smallest absolute Gasteiger partial charge is 0.256 e. The van der Waals surface area contributed by atoms with Gasteiger partial charge in [0.05, 0.1) is 12.1 Å². The second-order valence-electron chi connectivity index (χ2n) is 6.02. The third kappa shape index (κ3) is 5.43. The van der Waals surface area contributed by atoms with Crippen LogP contribution in [0.4, 0.5) is 0 Å². The maximum absolute atomic E-state index is 12.7. The minimum Gasteiger partial charge on any atom is -0.477 e. The number of amides is 1. The lowest BCUT2D eigenvalue weighted by Gasteiger charge is -2.18. The first-order valence-electron chi connectivity index (χ1n) is 9.22. The lowest BCUT2D eigenvalue weighted by atomic mass is 10.1. The van der Waals surface area contributed by atoms with E-state index in [0.29, 0.717) is 24.6 Å². The highest BCUT2D eigenvalue weighted by Crippen LogP contribution is 2.22. The summed E-state index contributed by atoms with van der Waals surface area (Å²) in [7, 11) is 0. The molecular formula is C20H29N3O2. The number of ether oxygens (including phenoxy) is 1. The molecule has 1 amide bonds. The Kier molecular flexibility index (Phi) is 7.67. The molecule has 0 aliphatic carbocycles. The molecule has 0 fully saturated rings. The number of hydrogen-bond donors (Lipinski definition) is 1. The summed E-state index contributed by atoms with van der Waals surface area (Å²) in [6, 6.07) is 9.66. The van der Waals surface area contributed by atoms with Crippen molar-refractivity contribution in [2.24, 2.45) is 0 Å². The molecule has 0 bridgehead atoms. The Balaban J connectivity index is 2.15.